The van der Waals surface area contributed by atoms with Gasteiger partial charge in [0.05, 0.1) is 12.4 Å². The quantitative estimate of drug-likeness (QED) is 0.799. The van der Waals surface area contributed by atoms with Gasteiger partial charge in [0.15, 0.2) is 0 Å². The first-order valence-electron chi connectivity index (χ1n) is 8.83. The van der Waals surface area contributed by atoms with Crippen molar-refractivity contribution in [2.45, 2.75) is 12.8 Å². The summed E-state index contributed by atoms with van der Waals surface area (Å²) in [4.78, 5) is 4.79. The van der Waals surface area contributed by atoms with E-state index < -0.39 is 9.84 Å². The Morgan fingerprint density at radius 2 is 1.83 bits per heavy atom. The first kappa shape index (κ1) is 17.7. The van der Waals surface area contributed by atoms with E-state index in [2.05, 4.69) is 28.0 Å². The van der Waals surface area contributed by atoms with Crippen molar-refractivity contribution in [3.8, 4) is 5.75 Å². The average molecular weight is 353 g/mol. The van der Waals surface area contributed by atoms with Gasteiger partial charge in [0, 0.05) is 45.5 Å². The Kier molecular flexibility index (Phi) is 5.79. The number of hydrogen-bond donors (Lipinski definition) is 0. The number of nitrogens with zero attached hydrogens (tertiary/aromatic N) is 2. The van der Waals surface area contributed by atoms with Gasteiger partial charge in [-0.15, -0.1) is 0 Å². The molecule has 2 aliphatic heterocycles. The molecule has 0 spiro atoms. The molecule has 0 aliphatic carbocycles. The van der Waals surface area contributed by atoms with Crippen LogP contribution in [-0.2, 0) is 16.3 Å². The first-order valence-corrected chi connectivity index (χ1v) is 10.9. The molecule has 0 aromatic heterocycles. The van der Waals surface area contributed by atoms with Gasteiger partial charge in [-0.1, -0.05) is 18.2 Å². The van der Waals surface area contributed by atoms with Gasteiger partial charge >= 0.3 is 0 Å². The van der Waals surface area contributed by atoms with Crippen molar-refractivity contribution in [3.05, 3.63) is 29.8 Å². The molecule has 0 N–H and O–H groups in total. The van der Waals surface area contributed by atoms with Crippen LogP contribution in [0.3, 0.4) is 0 Å². The Balaban J connectivity index is 1.46. The van der Waals surface area contributed by atoms with Crippen LogP contribution in [0.5, 0.6) is 5.75 Å². The normalized spacial score (nSPS) is 23.3. The molecule has 1 saturated heterocycles. The number of ether oxygens (including phenoxy) is 1. The first-order chi connectivity index (χ1) is 11.5. The van der Waals surface area contributed by atoms with E-state index in [0.29, 0.717) is 12.5 Å². The van der Waals surface area contributed by atoms with Crippen molar-refractivity contribution in [1.82, 2.24) is 9.80 Å². The topological polar surface area (TPSA) is 49.9 Å². The second-order valence-corrected chi connectivity index (χ2v) is 9.35. The van der Waals surface area contributed by atoms with E-state index in [1.165, 1.54) is 11.8 Å². The van der Waals surface area contributed by atoms with E-state index >= 15 is 0 Å². The Hall–Kier alpha value is -1.11. The number of sulfone groups is 1. The van der Waals surface area contributed by atoms with E-state index in [-0.39, 0.29) is 5.75 Å². The highest BCUT2D eigenvalue weighted by molar-refractivity contribution is 7.90. The summed E-state index contributed by atoms with van der Waals surface area (Å²) in [6.45, 7) is 6.57. The number of rotatable bonds is 5. The van der Waals surface area contributed by atoms with Crippen LogP contribution in [0.25, 0.3) is 0 Å². The van der Waals surface area contributed by atoms with Crippen molar-refractivity contribution in [2.24, 2.45) is 5.92 Å². The van der Waals surface area contributed by atoms with Crippen LogP contribution in [0.15, 0.2) is 24.3 Å². The van der Waals surface area contributed by atoms with Gasteiger partial charge in [0.2, 0.25) is 0 Å². The lowest BCUT2D eigenvalue weighted by Crippen LogP contribution is -2.48. The van der Waals surface area contributed by atoms with E-state index in [1.807, 2.05) is 6.07 Å². The van der Waals surface area contributed by atoms with Gasteiger partial charge in [-0.25, -0.2) is 8.42 Å². The third kappa shape index (κ3) is 5.19. The highest BCUT2D eigenvalue weighted by Gasteiger charge is 2.23. The molecule has 1 aromatic carbocycles. The second kappa shape index (κ2) is 7.85. The molecule has 0 saturated carbocycles. The minimum atomic E-state index is -2.86. The fourth-order valence-corrected chi connectivity index (χ4v) is 4.16. The van der Waals surface area contributed by atoms with Crippen molar-refractivity contribution >= 4 is 9.84 Å². The molecule has 2 aliphatic rings. The highest BCUT2D eigenvalue weighted by Crippen LogP contribution is 2.27. The summed E-state index contributed by atoms with van der Waals surface area (Å²) in [7, 11) is -2.86. The van der Waals surface area contributed by atoms with E-state index in [9.17, 15) is 8.42 Å². The molecule has 134 valence electrons. The molecule has 2 heterocycles. The lowest BCUT2D eigenvalue weighted by molar-refractivity contribution is 0.118. The van der Waals surface area contributed by atoms with Crippen LogP contribution in [-0.4, -0.2) is 76.1 Å². The summed E-state index contributed by atoms with van der Waals surface area (Å²) in [6.07, 6.45) is 3.50. The minimum absolute atomic E-state index is 0.268. The number of hydrogen-bond acceptors (Lipinski definition) is 5. The summed E-state index contributed by atoms with van der Waals surface area (Å²) in [6, 6.07) is 8.37. The zero-order valence-corrected chi connectivity index (χ0v) is 15.3. The van der Waals surface area contributed by atoms with Crippen LogP contribution in [0, 0.1) is 5.92 Å². The highest BCUT2D eigenvalue weighted by atomic mass is 32.2. The molecule has 0 amide bonds. The molecule has 24 heavy (non-hydrogen) atoms. The zero-order chi connectivity index (χ0) is 17.0. The standard InChI is InChI=1S/C18H28N2O3S/c1-24(21,22)13-11-19-7-9-20(10-8-19)15-16-6-12-23-18-5-3-2-4-17(18)14-16/h2-5,16H,6-15H2,1H3/t16-/m1/s1. The lowest BCUT2D eigenvalue weighted by atomic mass is 9.96. The fraction of sp³-hybridized carbons (Fsp3) is 0.667. The summed E-state index contributed by atoms with van der Waals surface area (Å²) >= 11 is 0. The number of para-hydroxylation sites is 1. The molecular formula is C18H28N2O3S. The predicted molar refractivity (Wildman–Crippen MR) is 96.3 cm³/mol. The maximum Gasteiger partial charge on any atom is 0.148 e. The monoisotopic (exact) mass is 352 g/mol. The maximum atomic E-state index is 11.3. The van der Waals surface area contributed by atoms with E-state index in [4.69, 9.17) is 4.74 Å². The molecule has 1 fully saturated rings. The Morgan fingerprint density at radius 3 is 2.58 bits per heavy atom. The van der Waals surface area contributed by atoms with Gasteiger partial charge < -0.3 is 9.64 Å². The number of benzene rings is 1. The average Bonchev–Trinajstić information content (AvgIpc) is 2.75. The van der Waals surface area contributed by atoms with Crippen LogP contribution >= 0.6 is 0 Å². The van der Waals surface area contributed by atoms with Crippen molar-refractivity contribution in [1.29, 1.82) is 0 Å². The summed E-state index contributed by atoms with van der Waals surface area (Å²) in [5, 5.41) is 0. The number of piperazine rings is 1. The molecule has 6 heteroatoms. The summed E-state index contributed by atoms with van der Waals surface area (Å²) < 4.78 is 28.4. The molecule has 0 radical (unpaired) electrons. The molecule has 1 aromatic rings. The largest absolute Gasteiger partial charge is 0.493 e. The third-order valence-electron chi connectivity index (χ3n) is 5.02. The molecule has 5 nitrogen and oxygen atoms in total. The maximum absolute atomic E-state index is 11.3. The van der Waals surface area contributed by atoms with Gasteiger partial charge in [-0.05, 0) is 30.4 Å². The van der Waals surface area contributed by atoms with Gasteiger partial charge in [0.25, 0.3) is 0 Å². The SMILES string of the molecule is CS(=O)(=O)CCN1CCN(C[C@@H]2CCOc3ccccc3C2)CC1. The predicted octanol–water partition coefficient (Wildman–Crippen LogP) is 1.29. The summed E-state index contributed by atoms with van der Waals surface area (Å²) in [5.41, 5.74) is 1.33. The minimum Gasteiger partial charge on any atom is -0.493 e. The lowest BCUT2D eigenvalue weighted by Gasteiger charge is -2.36. The molecule has 0 unspecified atom stereocenters. The third-order valence-corrected chi connectivity index (χ3v) is 5.95. The van der Waals surface area contributed by atoms with E-state index in [1.54, 1.807) is 0 Å². The van der Waals surface area contributed by atoms with Gasteiger partial charge in [0.1, 0.15) is 15.6 Å². The second-order valence-electron chi connectivity index (χ2n) is 7.09. The van der Waals surface area contributed by atoms with Crippen LogP contribution in [0.1, 0.15) is 12.0 Å². The van der Waals surface area contributed by atoms with Crippen LogP contribution in [0.4, 0.5) is 0 Å². The van der Waals surface area contributed by atoms with Crippen molar-refractivity contribution in [3.63, 3.8) is 0 Å². The Morgan fingerprint density at radius 1 is 1.12 bits per heavy atom. The smallest absolute Gasteiger partial charge is 0.148 e. The van der Waals surface area contributed by atoms with Gasteiger partial charge in [-0.2, -0.15) is 0 Å². The molecule has 0 bridgehead atoms. The van der Waals surface area contributed by atoms with Crippen LogP contribution < -0.4 is 4.74 Å². The fourth-order valence-electron chi connectivity index (χ4n) is 3.57. The Labute approximate surface area is 145 Å². The summed E-state index contributed by atoms with van der Waals surface area (Å²) in [5.74, 6) is 1.95. The van der Waals surface area contributed by atoms with Crippen molar-refractivity contribution < 1.29 is 13.2 Å². The van der Waals surface area contributed by atoms with Crippen LogP contribution in [0.2, 0.25) is 0 Å². The zero-order valence-electron chi connectivity index (χ0n) is 14.5. The number of fused-ring (bicyclic) bond motifs is 1. The molecule has 3 rings (SSSR count). The molecule has 1 atom stereocenters. The Bertz CT molecular complexity index is 639. The van der Waals surface area contributed by atoms with Gasteiger partial charge in [-0.3, -0.25) is 4.90 Å². The molecular weight excluding hydrogens is 324 g/mol. The van der Waals surface area contributed by atoms with Crippen molar-refractivity contribution in [2.75, 3.05) is 57.9 Å². The van der Waals surface area contributed by atoms with E-state index in [0.717, 1.165) is 57.9 Å².